The Morgan fingerprint density at radius 2 is 1.32 bits per heavy atom. The molecular weight excluding hydrogens is 359 g/mol. The van der Waals surface area contributed by atoms with Crippen molar-refractivity contribution >= 4 is 23.2 Å². The highest BCUT2D eigenvalue weighted by Crippen LogP contribution is 2.31. The van der Waals surface area contributed by atoms with Crippen LogP contribution in [0, 0.1) is 0 Å². The Hall–Kier alpha value is -2.36. The Bertz CT molecular complexity index is 865. The third-order valence-electron chi connectivity index (χ3n) is 3.51. The minimum Gasteiger partial charge on any atom is -0.504 e. The summed E-state index contributed by atoms with van der Waals surface area (Å²) in [4.78, 5) is 0. The first kappa shape index (κ1) is 17.5. The summed E-state index contributed by atoms with van der Waals surface area (Å²) in [5.41, 5.74) is 1.87. The van der Waals surface area contributed by atoms with Crippen LogP contribution >= 0.6 is 23.2 Å². The molecule has 0 spiro atoms. The van der Waals surface area contributed by atoms with Gasteiger partial charge < -0.3 is 14.6 Å². The topological polar surface area (TPSA) is 38.7 Å². The normalized spacial score (nSPS) is 10.5. The van der Waals surface area contributed by atoms with E-state index in [0.29, 0.717) is 34.8 Å². The van der Waals surface area contributed by atoms with E-state index < -0.39 is 0 Å². The van der Waals surface area contributed by atoms with Gasteiger partial charge in [-0.3, -0.25) is 0 Å². The second-order valence-electron chi connectivity index (χ2n) is 5.47. The predicted molar refractivity (Wildman–Crippen MR) is 99.7 cm³/mol. The number of aromatic hydroxyl groups is 1. The van der Waals surface area contributed by atoms with Crippen LogP contribution < -0.4 is 9.47 Å². The van der Waals surface area contributed by atoms with E-state index in [-0.39, 0.29) is 5.75 Å². The Labute approximate surface area is 156 Å². The second kappa shape index (κ2) is 8.15. The van der Waals surface area contributed by atoms with Crippen molar-refractivity contribution in [3.8, 4) is 17.2 Å². The number of halogens is 2. The quantitative estimate of drug-likeness (QED) is 0.587. The first-order valence-electron chi connectivity index (χ1n) is 7.68. The fraction of sp³-hybridized carbons (Fsp3) is 0.100. The SMILES string of the molecule is Oc1ccc(OCc2cccc(Cl)c2)cc1OCc1cccc(Cl)c1. The van der Waals surface area contributed by atoms with Crippen molar-refractivity contribution in [2.24, 2.45) is 0 Å². The molecule has 0 amide bonds. The Kier molecular flexibility index (Phi) is 5.69. The number of hydrogen-bond donors (Lipinski definition) is 1. The van der Waals surface area contributed by atoms with Gasteiger partial charge in [0.25, 0.3) is 0 Å². The zero-order chi connectivity index (χ0) is 17.6. The van der Waals surface area contributed by atoms with Gasteiger partial charge in [-0.1, -0.05) is 47.5 Å². The van der Waals surface area contributed by atoms with E-state index in [9.17, 15) is 5.11 Å². The monoisotopic (exact) mass is 374 g/mol. The standard InChI is InChI=1S/C20H16Cl2O3/c21-16-5-1-3-14(9-16)12-24-18-7-8-19(23)20(11-18)25-13-15-4-2-6-17(22)10-15/h1-11,23H,12-13H2. The van der Waals surface area contributed by atoms with Crippen LogP contribution in [-0.2, 0) is 13.2 Å². The van der Waals surface area contributed by atoms with Crippen LogP contribution in [0.5, 0.6) is 17.2 Å². The van der Waals surface area contributed by atoms with Gasteiger partial charge in [-0.2, -0.15) is 0 Å². The van der Waals surface area contributed by atoms with E-state index in [1.54, 1.807) is 24.3 Å². The highest BCUT2D eigenvalue weighted by molar-refractivity contribution is 6.30. The number of phenols is 1. The van der Waals surface area contributed by atoms with E-state index >= 15 is 0 Å². The van der Waals surface area contributed by atoms with Gasteiger partial charge in [-0.15, -0.1) is 0 Å². The number of rotatable bonds is 6. The molecule has 0 bridgehead atoms. The molecule has 3 rings (SSSR count). The summed E-state index contributed by atoms with van der Waals surface area (Å²) in [5.74, 6) is 1.000. The minimum absolute atomic E-state index is 0.0529. The Morgan fingerprint density at radius 3 is 1.92 bits per heavy atom. The van der Waals surface area contributed by atoms with Gasteiger partial charge in [-0.25, -0.2) is 0 Å². The fourth-order valence-corrected chi connectivity index (χ4v) is 2.71. The molecule has 3 nitrogen and oxygen atoms in total. The van der Waals surface area contributed by atoms with Crippen LogP contribution in [0.15, 0.2) is 66.7 Å². The summed E-state index contributed by atoms with van der Waals surface area (Å²) in [6, 6.07) is 19.7. The lowest BCUT2D eigenvalue weighted by Crippen LogP contribution is -1.98. The third kappa shape index (κ3) is 5.05. The molecular formula is C20H16Cl2O3. The van der Waals surface area contributed by atoms with E-state index in [4.69, 9.17) is 32.7 Å². The average Bonchev–Trinajstić information content (AvgIpc) is 2.60. The lowest BCUT2D eigenvalue weighted by atomic mass is 10.2. The molecule has 3 aromatic carbocycles. The van der Waals surface area contributed by atoms with Crippen molar-refractivity contribution in [1.29, 1.82) is 0 Å². The number of benzene rings is 3. The van der Waals surface area contributed by atoms with Crippen LogP contribution in [-0.4, -0.2) is 5.11 Å². The molecule has 0 aliphatic heterocycles. The highest BCUT2D eigenvalue weighted by Gasteiger charge is 2.06. The summed E-state index contributed by atoms with van der Waals surface area (Å²) >= 11 is 11.9. The number of phenolic OH excluding ortho intramolecular Hbond substituents is 1. The molecule has 128 valence electrons. The smallest absolute Gasteiger partial charge is 0.165 e. The molecule has 0 atom stereocenters. The van der Waals surface area contributed by atoms with Crippen molar-refractivity contribution in [3.63, 3.8) is 0 Å². The maximum atomic E-state index is 9.97. The number of ether oxygens (including phenoxy) is 2. The first-order valence-corrected chi connectivity index (χ1v) is 8.43. The van der Waals surface area contributed by atoms with Crippen molar-refractivity contribution in [1.82, 2.24) is 0 Å². The third-order valence-corrected chi connectivity index (χ3v) is 3.98. The molecule has 0 heterocycles. The molecule has 0 radical (unpaired) electrons. The fourth-order valence-electron chi connectivity index (χ4n) is 2.28. The zero-order valence-electron chi connectivity index (χ0n) is 13.3. The Balaban J connectivity index is 1.65. The lowest BCUT2D eigenvalue weighted by molar-refractivity contribution is 0.278. The highest BCUT2D eigenvalue weighted by atomic mass is 35.5. The second-order valence-corrected chi connectivity index (χ2v) is 6.34. The minimum atomic E-state index is 0.0529. The molecule has 1 N–H and O–H groups in total. The molecule has 0 unspecified atom stereocenters. The van der Waals surface area contributed by atoms with E-state index in [1.807, 2.05) is 42.5 Å². The van der Waals surface area contributed by atoms with Crippen molar-refractivity contribution < 1.29 is 14.6 Å². The van der Waals surface area contributed by atoms with Gasteiger partial charge in [0.05, 0.1) is 0 Å². The summed E-state index contributed by atoms with van der Waals surface area (Å²) < 4.78 is 11.4. The van der Waals surface area contributed by atoms with Crippen LogP contribution in [0.25, 0.3) is 0 Å². The van der Waals surface area contributed by atoms with Gasteiger partial charge in [-0.05, 0) is 47.5 Å². The van der Waals surface area contributed by atoms with Crippen LogP contribution in [0.4, 0.5) is 0 Å². The van der Waals surface area contributed by atoms with Crippen molar-refractivity contribution in [2.75, 3.05) is 0 Å². The lowest BCUT2D eigenvalue weighted by Gasteiger charge is -2.11. The zero-order valence-corrected chi connectivity index (χ0v) is 14.8. The van der Waals surface area contributed by atoms with Crippen LogP contribution in [0.3, 0.4) is 0 Å². The summed E-state index contributed by atoms with van der Waals surface area (Å²) in [7, 11) is 0. The average molecular weight is 375 g/mol. The summed E-state index contributed by atoms with van der Waals surface area (Å²) in [6.45, 7) is 0.672. The molecule has 0 aliphatic carbocycles. The molecule has 0 saturated heterocycles. The Morgan fingerprint density at radius 1 is 0.720 bits per heavy atom. The molecule has 0 saturated carbocycles. The predicted octanol–water partition coefficient (Wildman–Crippen LogP) is 5.86. The van der Waals surface area contributed by atoms with Gasteiger partial charge in [0.1, 0.15) is 19.0 Å². The van der Waals surface area contributed by atoms with E-state index in [2.05, 4.69) is 0 Å². The van der Waals surface area contributed by atoms with Gasteiger partial charge in [0.2, 0.25) is 0 Å². The maximum absolute atomic E-state index is 9.97. The molecule has 5 heteroatoms. The largest absolute Gasteiger partial charge is 0.504 e. The van der Waals surface area contributed by atoms with Gasteiger partial charge in [0.15, 0.2) is 11.5 Å². The summed E-state index contributed by atoms with van der Waals surface area (Å²) in [5, 5.41) is 11.3. The maximum Gasteiger partial charge on any atom is 0.165 e. The summed E-state index contributed by atoms with van der Waals surface area (Å²) in [6.07, 6.45) is 0. The van der Waals surface area contributed by atoms with Crippen molar-refractivity contribution in [2.45, 2.75) is 13.2 Å². The van der Waals surface area contributed by atoms with Gasteiger partial charge >= 0.3 is 0 Å². The number of hydrogen-bond acceptors (Lipinski definition) is 3. The molecule has 0 fully saturated rings. The molecule has 25 heavy (non-hydrogen) atoms. The van der Waals surface area contributed by atoms with E-state index in [1.165, 1.54) is 0 Å². The van der Waals surface area contributed by atoms with Crippen molar-refractivity contribution in [3.05, 3.63) is 87.9 Å². The van der Waals surface area contributed by atoms with Crippen LogP contribution in [0.2, 0.25) is 10.0 Å². The van der Waals surface area contributed by atoms with Gasteiger partial charge in [0, 0.05) is 16.1 Å². The van der Waals surface area contributed by atoms with E-state index in [0.717, 1.165) is 11.1 Å². The van der Waals surface area contributed by atoms with Crippen LogP contribution in [0.1, 0.15) is 11.1 Å². The molecule has 0 aliphatic rings. The molecule has 3 aromatic rings. The first-order chi connectivity index (χ1) is 12.1. The molecule has 0 aromatic heterocycles.